The Hall–Kier alpha value is -2.54. The second kappa shape index (κ2) is 8.53. The highest BCUT2D eigenvalue weighted by Crippen LogP contribution is 2.32. The molecule has 1 aliphatic heterocycles. The molecule has 0 bridgehead atoms. The van der Waals surface area contributed by atoms with Crippen molar-refractivity contribution in [2.75, 3.05) is 13.7 Å². The van der Waals surface area contributed by atoms with E-state index in [1.165, 1.54) is 6.92 Å². The normalized spacial score (nSPS) is 17.4. The predicted molar refractivity (Wildman–Crippen MR) is 96.0 cm³/mol. The zero-order valence-corrected chi connectivity index (χ0v) is 15.0. The number of thioether (sulfide) groups is 1. The predicted octanol–water partition coefficient (Wildman–Crippen LogP) is 3.24. The molecular formula is C18H19NO5S. The van der Waals surface area contributed by atoms with Crippen LogP contribution in [0.4, 0.5) is 4.79 Å². The zero-order valence-electron chi connectivity index (χ0n) is 14.2. The average Bonchev–Trinajstić information content (AvgIpc) is 2.89. The summed E-state index contributed by atoms with van der Waals surface area (Å²) in [6.07, 6.45) is 5.06. The number of carbonyl (C=O) groups is 3. The molecule has 0 N–H and O–H groups in total. The van der Waals surface area contributed by atoms with Gasteiger partial charge < -0.3 is 9.47 Å². The Morgan fingerprint density at radius 2 is 1.96 bits per heavy atom. The van der Waals surface area contributed by atoms with Crippen LogP contribution in [0.3, 0.4) is 0 Å². The average molecular weight is 361 g/mol. The summed E-state index contributed by atoms with van der Waals surface area (Å²) in [6, 6.07) is 6.46. The minimum atomic E-state index is -0.941. The summed E-state index contributed by atoms with van der Waals surface area (Å²) in [7, 11) is 1.60. The van der Waals surface area contributed by atoms with E-state index >= 15 is 0 Å². The number of hydrogen-bond donors (Lipinski definition) is 0. The molecule has 25 heavy (non-hydrogen) atoms. The van der Waals surface area contributed by atoms with Crippen LogP contribution in [0, 0.1) is 0 Å². The Morgan fingerprint density at radius 1 is 1.28 bits per heavy atom. The van der Waals surface area contributed by atoms with E-state index in [1.807, 2.05) is 30.3 Å². The topological polar surface area (TPSA) is 72.9 Å². The van der Waals surface area contributed by atoms with Crippen LogP contribution in [0.15, 0.2) is 41.3 Å². The molecule has 2 rings (SSSR count). The van der Waals surface area contributed by atoms with Gasteiger partial charge in [0.05, 0.1) is 18.6 Å². The van der Waals surface area contributed by atoms with Gasteiger partial charge in [0.25, 0.3) is 11.1 Å². The molecule has 1 saturated heterocycles. The number of imide groups is 1. The number of hydrogen-bond acceptors (Lipinski definition) is 6. The van der Waals surface area contributed by atoms with Crippen molar-refractivity contribution >= 4 is 35.0 Å². The minimum absolute atomic E-state index is 0.194. The fraction of sp³-hybridized carbons (Fsp3) is 0.278. The zero-order chi connectivity index (χ0) is 18.4. The van der Waals surface area contributed by atoms with E-state index < -0.39 is 23.2 Å². The van der Waals surface area contributed by atoms with Gasteiger partial charge in [0.15, 0.2) is 0 Å². The maximum absolute atomic E-state index is 12.3. The number of methoxy groups -OCH3 is 1. The van der Waals surface area contributed by atoms with E-state index in [-0.39, 0.29) is 11.5 Å². The molecule has 1 aromatic rings. The van der Waals surface area contributed by atoms with Crippen LogP contribution in [-0.2, 0) is 14.3 Å². The molecule has 0 unspecified atom stereocenters. The van der Waals surface area contributed by atoms with Gasteiger partial charge in [-0.1, -0.05) is 24.3 Å². The lowest BCUT2D eigenvalue weighted by Crippen LogP contribution is -2.42. The monoisotopic (exact) mass is 361 g/mol. The Balaban J connectivity index is 2.08. The van der Waals surface area contributed by atoms with Crippen molar-refractivity contribution in [3.63, 3.8) is 0 Å². The van der Waals surface area contributed by atoms with Gasteiger partial charge >= 0.3 is 5.97 Å². The molecule has 0 aromatic heterocycles. The molecule has 1 aromatic carbocycles. The van der Waals surface area contributed by atoms with Crippen LogP contribution in [0.25, 0.3) is 6.08 Å². The largest absolute Gasteiger partial charge is 0.497 e. The molecule has 7 heteroatoms. The van der Waals surface area contributed by atoms with Crippen molar-refractivity contribution in [2.45, 2.75) is 19.9 Å². The Morgan fingerprint density at radius 3 is 2.56 bits per heavy atom. The SMILES string of the molecule is CCOC(=O)[C@H](C)N1C(=O)S/C(=C\C=C\c2ccc(OC)cc2)C1=O. The van der Waals surface area contributed by atoms with Crippen LogP contribution in [0.1, 0.15) is 19.4 Å². The highest BCUT2D eigenvalue weighted by molar-refractivity contribution is 8.18. The van der Waals surface area contributed by atoms with E-state index in [4.69, 9.17) is 9.47 Å². The summed E-state index contributed by atoms with van der Waals surface area (Å²) in [5.74, 6) is -0.332. The molecule has 0 radical (unpaired) electrons. The van der Waals surface area contributed by atoms with Crippen molar-refractivity contribution in [2.24, 2.45) is 0 Å². The molecule has 6 nitrogen and oxygen atoms in total. The first-order valence-corrected chi connectivity index (χ1v) is 8.54. The number of benzene rings is 1. The smallest absolute Gasteiger partial charge is 0.329 e. The molecule has 132 valence electrons. The van der Waals surface area contributed by atoms with Crippen molar-refractivity contribution in [3.8, 4) is 5.75 Å². The van der Waals surface area contributed by atoms with Gasteiger partial charge in [-0.05, 0) is 49.4 Å². The van der Waals surface area contributed by atoms with Gasteiger partial charge in [-0.3, -0.25) is 14.5 Å². The van der Waals surface area contributed by atoms with E-state index in [2.05, 4.69) is 0 Å². The summed E-state index contributed by atoms with van der Waals surface area (Å²) < 4.78 is 9.95. The molecule has 0 aliphatic carbocycles. The lowest BCUT2D eigenvalue weighted by atomic mass is 10.2. The summed E-state index contributed by atoms with van der Waals surface area (Å²) in [5, 5.41) is -0.477. The number of nitrogens with zero attached hydrogens (tertiary/aromatic N) is 1. The Bertz CT molecular complexity index is 723. The van der Waals surface area contributed by atoms with E-state index in [0.29, 0.717) is 0 Å². The van der Waals surface area contributed by atoms with E-state index in [9.17, 15) is 14.4 Å². The van der Waals surface area contributed by atoms with Crippen molar-refractivity contribution in [3.05, 3.63) is 46.9 Å². The number of allylic oxidation sites excluding steroid dienone is 2. The van der Waals surface area contributed by atoms with Crippen LogP contribution < -0.4 is 4.74 Å². The third-order valence-corrected chi connectivity index (χ3v) is 4.39. The fourth-order valence-electron chi connectivity index (χ4n) is 2.16. The van der Waals surface area contributed by atoms with Gasteiger partial charge in [-0.25, -0.2) is 4.79 Å². The van der Waals surface area contributed by atoms with Gasteiger partial charge in [0, 0.05) is 0 Å². The quantitative estimate of drug-likeness (QED) is 0.572. The second-order valence-corrected chi connectivity index (χ2v) is 6.13. The summed E-state index contributed by atoms with van der Waals surface area (Å²) in [6.45, 7) is 3.34. The molecule has 1 aliphatic rings. The maximum atomic E-state index is 12.3. The molecule has 0 spiro atoms. The Kier molecular flexibility index (Phi) is 6.41. The maximum Gasteiger partial charge on any atom is 0.329 e. The van der Waals surface area contributed by atoms with Crippen LogP contribution in [-0.4, -0.2) is 41.8 Å². The number of amides is 2. The molecule has 1 atom stereocenters. The van der Waals surface area contributed by atoms with E-state index in [0.717, 1.165) is 28.0 Å². The van der Waals surface area contributed by atoms with Crippen molar-refractivity contribution in [1.29, 1.82) is 0 Å². The first kappa shape index (κ1) is 18.8. The summed E-state index contributed by atoms with van der Waals surface area (Å²) in [5.41, 5.74) is 0.927. The third kappa shape index (κ3) is 4.51. The van der Waals surface area contributed by atoms with E-state index in [1.54, 1.807) is 26.2 Å². The standard InChI is InChI=1S/C18H19NO5S/c1-4-24-17(21)12(2)19-16(20)15(25-18(19)22)7-5-6-13-8-10-14(23-3)11-9-13/h5-12H,4H2,1-3H3/b6-5+,15-7-/t12-/m0/s1. The van der Waals surface area contributed by atoms with Gasteiger partial charge in [0.2, 0.25) is 0 Å². The first-order chi connectivity index (χ1) is 12.0. The third-order valence-electron chi connectivity index (χ3n) is 3.49. The number of esters is 1. The minimum Gasteiger partial charge on any atom is -0.497 e. The summed E-state index contributed by atoms with van der Waals surface area (Å²) >= 11 is 0.806. The van der Waals surface area contributed by atoms with Crippen LogP contribution >= 0.6 is 11.8 Å². The number of carbonyl (C=O) groups excluding carboxylic acids is 3. The summed E-state index contributed by atoms with van der Waals surface area (Å²) in [4.78, 5) is 37.3. The lowest BCUT2D eigenvalue weighted by Gasteiger charge is -2.19. The van der Waals surface area contributed by atoms with Gasteiger partial charge in [0.1, 0.15) is 11.8 Å². The number of ether oxygens (including phenoxy) is 2. The van der Waals surface area contributed by atoms with Crippen molar-refractivity contribution in [1.82, 2.24) is 4.90 Å². The Labute approximate surface area is 150 Å². The molecule has 0 saturated carbocycles. The second-order valence-electron chi connectivity index (χ2n) is 5.13. The fourth-order valence-corrected chi connectivity index (χ4v) is 3.02. The molecule has 1 heterocycles. The lowest BCUT2D eigenvalue weighted by molar-refractivity contribution is -0.150. The van der Waals surface area contributed by atoms with Crippen molar-refractivity contribution < 1.29 is 23.9 Å². The van der Waals surface area contributed by atoms with Gasteiger partial charge in [-0.2, -0.15) is 0 Å². The van der Waals surface area contributed by atoms with Gasteiger partial charge in [-0.15, -0.1) is 0 Å². The molecular weight excluding hydrogens is 342 g/mol. The highest BCUT2D eigenvalue weighted by Gasteiger charge is 2.41. The van der Waals surface area contributed by atoms with Crippen LogP contribution in [0.5, 0.6) is 5.75 Å². The highest BCUT2D eigenvalue weighted by atomic mass is 32.2. The van der Waals surface area contributed by atoms with Crippen LogP contribution in [0.2, 0.25) is 0 Å². The number of rotatable bonds is 6. The molecule has 1 fully saturated rings. The first-order valence-electron chi connectivity index (χ1n) is 7.72. The molecule has 2 amide bonds.